The van der Waals surface area contributed by atoms with E-state index in [4.69, 9.17) is 11.6 Å². The molecular weight excluding hydrogens is 274 g/mol. The topological polar surface area (TPSA) is 30.7 Å². The lowest BCUT2D eigenvalue weighted by Gasteiger charge is -1.95. The number of hydrogen-bond acceptors (Lipinski definition) is 3. The number of thiazole rings is 1. The van der Waals surface area contributed by atoms with Gasteiger partial charge in [0.25, 0.3) is 0 Å². The first kappa shape index (κ1) is 9.18. The number of aromatic nitrogens is 3. The lowest BCUT2D eigenvalue weighted by Crippen LogP contribution is -1.97. The quantitative estimate of drug-likeness (QED) is 0.846. The van der Waals surface area contributed by atoms with Crippen LogP contribution in [0.25, 0.3) is 0 Å². The summed E-state index contributed by atoms with van der Waals surface area (Å²) >= 11 is 10.5. The summed E-state index contributed by atoms with van der Waals surface area (Å²) in [5.41, 5.74) is 0. The average molecular weight is 279 g/mol. The van der Waals surface area contributed by atoms with E-state index in [9.17, 15) is 0 Å². The van der Waals surface area contributed by atoms with Crippen molar-refractivity contribution in [2.24, 2.45) is 0 Å². The van der Waals surface area contributed by atoms with Crippen LogP contribution in [-0.4, -0.2) is 14.8 Å². The van der Waals surface area contributed by atoms with Gasteiger partial charge in [0, 0.05) is 17.3 Å². The fraction of sp³-hybridized carbons (Fsp3) is 0.143. The summed E-state index contributed by atoms with van der Waals surface area (Å²) in [6.07, 6.45) is 5.43. The Hall–Kier alpha value is -0.390. The predicted octanol–water partition coefficient (Wildman–Crippen LogP) is 2.80. The van der Waals surface area contributed by atoms with Gasteiger partial charge in [-0.1, -0.05) is 11.6 Å². The molecule has 0 saturated heterocycles. The second-order valence-corrected chi connectivity index (χ2v) is 5.05. The molecule has 0 spiro atoms. The summed E-state index contributed by atoms with van der Waals surface area (Å²) in [5, 5.41) is 4.13. The Balaban J connectivity index is 2.14. The third-order valence-electron chi connectivity index (χ3n) is 1.44. The van der Waals surface area contributed by atoms with E-state index in [-0.39, 0.29) is 0 Å². The third kappa shape index (κ3) is 2.30. The van der Waals surface area contributed by atoms with Crippen LogP contribution in [0.1, 0.15) is 4.88 Å². The number of hydrogen-bond donors (Lipinski definition) is 0. The van der Waals surface area contributed by atoms with Crippen LogP contribution in [0.5, 0.6) is 0 Å². The van der Waals surface area contributed by atoms with Crippen molar-refractivity contribution in [1.29, 1.82) is 0 Å². The molecule has 68 valence electrons. The van der Waals surface area contributed by atoms with E-state index in [1.807, 2.05) is 10.9 Å². The van der Waals surface area contributed by atoms with E-state index in [0.29, 0.717) is 4.47 Å². The Labute approximate surface area is 92.5 Å². The Morgan fingerprint density at radius 3 is 2.92 bits per heavy atom. The summed E-state index contributed by atoms with van der Waals surface area (Å²) in [4.78, 5) is 5.05. The van der Waals surface area contributed by atoms with Crippen LogP contribution in [0, 0.1) is 0 Å². The molecule has 0 bridgehead atoms. The average Bonchev–Trinajstić information content (AvgIpc) is 2.62. The van der Waals surface area contributed by atoms with Crippen molar-refractivity contribution in [1.82, 2.24) is 14.8 Å². The van der Waals surface area contributed by atoms with Gasteiger partial charge in [-0.3, -0.25) is 4.68 Å². The third-order valence-corrected chi connectivity index (χ3v) is 2.95. The summed E-state index contributed by atoms with van der Waals surface area (Å²) < 4.78 is 3.37. The summed E-state index contributed by atoms with van der Waals surface area (Å²) in [5.74, 6) is 0. The van der Waals surface area contributed by atoms with Gasteiger partial charge in [0.1, 0.15) is 0 Å². The van der Waals surface area contributed by atoms with Crippen LogP contribution in [0.2, 0.25) is 4.47 Å². The molecule has 0 aliphatic rings. The van der Waals surface area contributed by atoms with Gasteiger partial charge in [0.2, 0.25) is 0 Å². The molecular formula is C7H5BrClN3S. The van der Waals surface area contributed by atoms with E-state index >= 15 is 0 Å². The minimum absolute atomic E-state index is 0.571. The SMILES string of the molecule is Clc1ncc(Cn2cc(Br)cn2)s1. The highest BCUT2D eigenvalue weighted by atomic mass is 79.9. The van der Waals surface area contributed by atoms with Crippen molar-refractivity contribution in [2.45, 2.75) is 6.54 Å². The molecule has 6 heteroatoms. The van der Waals surface area contributed by atoms with E-state index in [1.165, 1.54) is 11.3 Å². The number of halogens is 2. The molecule has 2 heterocycles. The first-order chi connectivity index (χ1) is 6.24. The summed E-state index contributed by atoms with van der Waals surface area (Å²) in [6, 6.07) is 0. The molecule has 13 heavy (non-hydrogen) atoms. The molecule has 0 fully saturated rings. The monoisotopic (exact) mass is 277 g/mol. The molecule has 0 aromatic carbocycles. The Bertz CT molecular complexity index is 373. The van der Waals surface area contributed by atoms with Crippen LogP contribution in [-0.2, 0) is 6.54 Å². The lowest BCUT2D eigenvalue weighted by molar-refractivity contribution is 0.693. The van der Waals surface area contributed by atoms with Crippen LogP contribution in [0.3, 0.4) is 0 Å². The van der Waals surface area contributed by atoms with Gasteiger partial charge >= 0.3 is 0 Å². The predicted molar refractivity (Wildman–Crippen MR) is 56.2 cm³/mol. The van der Waals surface area contributed by atoms with Gasteiger partial charge < -0.3 is 0 Å². The van der Waals surface area contributed by atoms with Crippen molar-refractivity contribution in [3.8, 4) is 0 Å². The molecule has 0 saturated carbocycles. The van der Waals surface area contributed by atoms with Crippen LogP contribution in [0.15, 0.2) is 23.1 Å². The van der Waals surface area contributed by atoms with E-state index in [0.717, 1.165) is 15.9 Å². The normalized spacial score (nSPS) is 10.6. The maximum Gasteiger partial charge on any atom is 0.183 e. The van der Waals surface area contributed by atoms with E-state index < -0.39 is 0 Å². The van der Waals surface area contributed by atoms with Crippen LogP contribution in [0.4, 0.5) is 0 Å². The van der Waals surface area contributed by atoms with Crippen molar-refractivity contribution in [3.05, 3.63) is 32.4 Å². The fourth-order valence-corrected chi connectivity index (χ4v) is 2.24. The van der Waals surface area contributed by atoms with E-state index in [2.05, 4.69) is 26.0 Å². The lowest BCUT2D eigenvalue weighted by atomic mass is 10.5. The molecule has 0 unspecified atom stereocenters. The van der Waals surface area contributed by atoms with E-state index in [1.54, 1.807) is 12.4 Å². The number of nitrogens with zero attached hydrogens (tertiary/aromatic N) is 3. The highest BCUT2D eigenvalue weighted by molar-refractivity contribution is 9.10. The Kier molecular flexibility index (Phi) is 2.66. The minimum Gasteiger partial charge on any atom is -0.266 e. The minimum atomic E-state index is 0.571. The zero-order chi connectivity index (χ0) is 9.26. The molecule has 0 amide bonds. The molecule has 3 nitrogen and oxygen atoms in total. The Morgan fingerprint density at radius 2 is 2.38 bits per heavy atom. The molecule has 0 aliphatic carbocycles. The molecule has 0 aliphatic heterocycles. The van der Waals surface area contributed by atoms with Crippen molar-refractivity contribution in [3.63, 3.8) is 0 Å². The van der Waals surface area contributed by atoms with Gasteiger partial charge in [-0.15, -0.1) is 11.3 Å². The first-order valence-corrected chi connectivity index (χ1v) is 5.51. The van der Waals surface area contributed by atoms with Gasteiger partial charge in [0.15, 0.2) is 4.47 Å². The zero-order valence-corrected chi connectivity index (χ0v) is 9.60. The highest BCUT2D eigenvalue weighted by Crippen LogP contribution is 2.18. The Morgan fingerprint density at radius 1 is 1.54 bits per heavy atom. The maximum atomic E-state index is 5.70. The summed E-state index contributed by atoms with van der Waals surface area (Å²) in [7, 11) is 0. The van der Waals surface area contributed by atoms with Crippen LogP contribution < -0.4 is 0 Å². The molecule has 2 aromatic rings. The second-order valence-electron chi connectivity index (χ2n) is 2.44. The second kappa shape index (κ2) is 3.77. The highest BCUT2D eigenvalue weighted by Gasteiger charge is 2.01. The van der Waals surface area contributed by atoms with Crippen LogP contribution >= 0.6 is 38.9 Å². The standard InChI is InChI=1S/C7H5BrClN3S/c8-5-1-11-12(3-5)4-6-2-10-7(9)13-6/h1-3H,4H2. The molecule has 0 atom stereocenters. The smallest absolute Gasteiger partial charge is 0.183 e. The van der Waals surface area contributed by atoms with Gasteiger partial charge in [-0.25, -0.2) is 4.98 Å². The zero-order valence-electron chi connectivity index (χ0n) is 6.44. The van der Waals surface area contributed by atoms with Crippen molar-refractivity contribution < 1.29 is 0 Å². The maximum absolute atomic E-state index is 5.70. The first-order valence-electron chi connectivity index (χ1n) is 3.52. The number of rotatable bonds is 2. The molecule has 0 radical (unpaired) electrons. The van der Waals surface area contributed by atoms with Gasteiger partial charge in [-0.2, -0.15) is 5.10 Å². The largest absolute Gasteiger partial charge is 0.266 e. The van der Waals surface area contributed by atoms with Gasteiger partial charge in [0.05, 0.1) is 17.2 Å². The fourth-order valence-electron chi connectivity index (χ4n) is 0.941. The molecule has 2 rings (SSSR count). The van der Waals surface area contributed by atoms with Crippen molar-refractivity contribution >= 4 is 38.9 Å². The molecule has 2 aromatic heterocycles. The summed E-state index contributed by atoms with van der Waals surface area (Å²) in [6.45, 7) is 0.718. The van der Waals surface area contributed by atoms with Gasteiger partial charge in [-0.05, 0) is 15.9 Å². The molecule has 0 N–H and O–H groups in total. The van der Waals surface area contributed by atoms with Crippen molar-refractivity contribution in [2.75, 3.05) is 0 Å².